The van der Waals surface area contributed by atoms with Gasteiger partial charge in [0.1, 0.15) is 5.82 Å². The van der Waals surface area contributed by atoms with Crippen LogP contribution in [0.3, 0.4) is 0 Å². The van der Waals surface area contributed by atoms with Crippen LogP contribution in [0.5, 0.6) is 0 Å². The van der Waals surface area contributed by atoms with Gasteiger partial charge < -0.3 is 5.32 Å². The van der Waals surface area contributed by atoms with Crippen molar-refractivity contribution in [2.45, 2.75) is 12.8 Å². The van der Waals surface area contributed by atoms with Crippen molar-refractivity contribution < 1.29 is 0 Å². The first-order valence-corrected chi connectivity index (χ1v) is 7.66. The molecule has 0 saturated heterocycles. The van der Waals surface area contributed by atoms with Crippen LogP contribution in [-0.4, -0.2) is 21.3 Å². The Bertz CT molecular complexity index is 826. The molecule has 0 aliphatic carbocycles. The predicted molar refractivity (Wildman–Crippen MR) is 88.7 cm³/mol. The molecular weight excluding hydrogens is 296 g/mol. The number of hydrogen-bond acceptors (Lipinski definition) is 3. The van der Waals surface area contributed by atoms with Crippen LogP contribution in [0.25, 0.3) is 17.1 Å². The SMILES string of the molecule is C[C@H]1CNc2cc(Cl)ccc2-n2c(-c3ccccc3)nnc21. The van der Waals surface area contributed by atoms with E-state index in [0.717, 1.165) is 40.2 Å². The normalized spacial score (nSPS) is 16.4. The van der Waals surface area contributed by atoms with Crippen molar-refractivity contribution in [1.82, 2.24) is 14.8 Å². The van der Waals surface area contributed by atoms with Crippen molar-refractivity contribution >= 4 is 17.3 Å². The van der Waals surface area contributed by atoms with Crippen LogP contribution in [0, 0.1) is 0 Å². The second-order valence-electron chi connectivity index (χ2n) is 5.53. The highest BCUT2D eigenvalue weighted by Crippen LogP contribution is 2.34. The van der Waals surface area contributed by atoms with Gasteiger partial charge in [0.2, 0.25) is 0 Å². The minimum Gasteiger partial charge on any atom is -0.383 e. The standard InChI is InChI=1S/C17H15ClN4/c1-11-10-19-14-9-13(18)7-8-15(14)22-16(11)20-21-17(22)12-5-3-2-4-6-12/h2-9,11,19H,10H2,1H3/t11-/m0/s1. The molecular formula is C17H15ClN4. The molecule has 0 unspecified atom stereocenters. The van der Waals surface area contributed by atoms with Crippen molar-refractivity contribution in [3.63, 3.8) is 0 Å². The molecule has 0 bridgehead atoms. The molecule has 0 amide bonds. The van der Waals surface area contributed by atoms with Crippen LogP contribution < -0.4 is 5.32 Å². The predicted octanol–water partition coefficient (Wildman–Crippen LogP) is 4.12. The van der Waals surface area contributed by atoms with Crippen molar-refractivity contribution in [3.05, 3.63) is 59.4 Å². The van der Waals surface area contributed by atoms with Crippen LogP contribution in [0.15, 0.2) is 48.5 Å². The van der Waals surface area contributed by atoms with Gasteiger partial charge >= 0.3 is 0 Å². The quantitative estimate of drug-likeness (QED) is 0.735. The fourth-order valence-electron chi connectivity index (χ4n) is 2.83. The zero-order valence-corrected chi connectivity index (χ0v) is 12.9. The van der Waals surface area contributed by atoms with Gasteiger partial charge in [0.25, 0.3) is 0 Å². The fraction of sp³-hybridized carbons (Fsp3) is 0.176. The molecule has 0 saturated carbocycles. The van der Waals surface area contributed by atoms with Gasteiger partial charge in [-0.15, -0.1) is 10.2 Å². The van der Waals surface area contributed by atoms with E-state index in [1.54, 1.807) is 0 Å². The van der Waals surface area contributed by atoms with Gasteiger partial charge in [-0.05, 0) is 18.2 Å². The number of anilines is 1. The molecule has 0 fully saturated rings. The molecule has 1 N–H and O–H groups in total. The summed E-state index contributed by atoms with van der Waals surface area (Å²) in [5, 5.41) is 13.0. The largest absolute Gasteiger partial charge is 0.383 e. The van der Waals surface area contributed by atoms with Gasteiger partial charge in [0.15, 0.2) is 5.82 Å². The Morgan fingerprint density at radius 3 is 2.77 bits per heavy atom. The summed E-state index contributed by atoms with van der Waals surface area (Å²) in [6.07, 6.45) is 0. The number of nitrogens with zero attached hydrogens (tertiary/aromatic N) is 3. The molecule has 110 valence electrons. The zero-order valence-electron chi connectivity index (χ0n) is 12.1. The number of rotatable bonds is 1. The number of nitrogens with one attached hydrogen (secondary N) is 1. The highest BCUT2D eigenvalue weighted by molar-refractivity contribution is 6.31. The third kappa shape index (κ3) is 2.07. The molecule has 4 rings (SSSR count). The summed E-state index contributed by atoms with van der Waals surface area (Å²) < 4.78 is 2.13. The van der Waals surface area contributed by atoms with E-state index in [1.165, 1.54) is 0 Å². The maximum absolute atomic E-state index is 6.14. The number of benzene rings is 2. The summed E-state index contributed by atoms with van der Waals surface area (Å²) >= 11 is 6.14. The lowest BCUT2D eigenvalue weighted by atomic mass is 10.1. The van der Waals surface area contributed by atoms with Crippen molar-refractivity contribution in [2.75, 3.05) is 11.9 Å². The van der Waals surface area contributed by atoms with E-state index in [1.807, 2.05) is 36.4 Å². The Morgan fingerprint density at radius 2 is 1.95 bits per heavy atom. The molecule has 2 heterocycles. The Labute approximate surface area is 133 Å². The van der Waals surface area contributed by atoms with E-state index >= 15 is 0 Å². The second-order valence-corrected chi connectivity index (χ2v) is 5.96. The summed E-state index contributed by atoms with van der Waals surface area (Å²) in [4.78, 5) is 0. The summed E-state index contributed by atoms with van der Waals surface area (Å²) in [5.41, 5.74) is 3.10. The van der Waals surface area contributed by atoms with Gasteiger partial charge in [-0.1, -0.05) is 48.9 Å². The van der Waals surface area contributed by atoms with E-state index < -0.39 is 0 Å². The van der Waals surface area contributed by atoms with Crippen molar-refractivity contribution in [2.24, 2.45) is 0 Å². The maximum Gasteiger partial charge on any atom is 0.168 e. The Morgan fingerprint density at radius 1 is 1.14 bits per heavy atom. The average Bonchev–Trinajstić information content (AvgIpc) is 2.93. The maximum atomic E-state index is 6.14. The first-order valence-electron chi connectivity index (χ1n) is 7.28. The first-order chi connectivity index (χ1) is 10.7. The number of halogens is 1. The summed E-state index contributed by atoms with van der Waals surface area (Å²) in [5.74, 6) is 2.08. The van der Waals surface area contributed by atoms with Crippen LogP contribution in [-0.2, 0) is 0 Å². The Kier molecular flexibility index (Phi) is 3.12. The molecule has 5 heteroatoms. The molecule has 1 aliphatic rings. The summed E-state index contributed by atoms with van der Waals surface area (Å²) in [6.45, 7) is 2.95. The van der Waals surface area contributed by atoms with E-state index in [4.69, 9.17) is 11.6 Å². The lowest BCUT2D eigenvalue weighted by Gasteiger charge is -2.12. The van der Waals surface area contributed by atoms with Crippen molar-refractivity contribution in [1.29, 1.82) is 0 Å². The third-order valence-electron chi connectivity index (χ3n) is 3.96. The van der Waals surface area contributed by atoms with Gasteiger partial charge in [-0.2, -0.15) is 0 Å². The average molecular weight is 311 g/mol. The fourth-order valence-corrected chi connectivity index (χ4v) is 3.00. The topological polar surface area (TPSA) is 42.7 Å². The van der Waals surface area contributed by atoms with Gasteiger partial charge in [-0.3, -0.25) is 4.57 Å². The smallest absolute Gasteiger partial charge is 0.168 e. The van der Waals surface area contributed by atoms with E-state index in [0.29, 0.717) is 0 Å². The number of hydrogen-bond donors (Lipinski definition) is 1. The summed E-state index contributed by atoms with van der Waals surface area (Å²) in [7, 11) is 0. The van der Waals surface area contributed by atoms with Gasteiger partial charge in [-0.25, -0.2) is 0 Å². The van der Waals surface area contributed by atoms with Gasteiger partial charge in [0.05, 0.1) is 11.4 Å². The minimum atomic E-state index is 0.260. The molecule has 0 radical (unpaired) electrons. The highest BCUT2D eigenvalue weighted by Gasteiger charge is 2.24. The van der Waals surface area contributed by atoms with E-state index in [-0.39, 0.29) is 5.92 Å². The monoisotopic (exact) mass is 310 g/mol. The molecule has 0 spiro atoms. The van der Waals surface area contributed by atoms with Crippen molar-refractivity contribution in [3.8, 4) is 17.1 Å². The molecule has 1 atom stereocenters. The van der Waals surface area contributed by atoms with E-state index in [9.17, 15) is 0 Å². The lowest BCUT2D eigenvalue weighted by molar-refractivity contribution is 0.725. The Balaban J connectivity index is 2.00. The molecule has 1 aromatic heterocycles. The summed E-state index contributed by atoms with van der Waals surface area (Å²) in [6, 6.07) is 16.0. The first kappa shape index (κ1) is 13.3. The number of aromatic nitrogens is 3. The van der Waals surface area contributed by atoms with Crippen LogP contribution in [0.4, 0.5) is 5.69 Å². The third-order valence-corrected chi connectivity index (χ3v) is 4.19. The molecule has 4 nitrogen and oxygen atoms in total. The second kappa shape index (κ2) is 5.14. The molecule has 2 aromatic carbocycles. The lowest BCUT2D eigenvalue weighted by Crippen LogP contribution is -2.09. The molecule has 1 aliphatic heterocycles. The Hall–Kier alpha value is -2.33. The molecule has 22 heavy (non-hydrogen) atoms. The van der Waals surface area contributed by atoms with Crippen LogP contribution >= 0.6 is 11.6 Å². The highest BCUT2D eigenvalue weighted by atomic mass is 35.5. The van der Waals surface area contributed by atoms with Crippen LogP contribution in [0.1, 0.15) is 18.7 Å². The van der Waals surface area contributed by atoms with Gasteiger partial charge in [0, 0.05) is 23.0 Å². The van der Waals surface area contributed by atoms with Crippen LogP contribution in [0.2, 0.25) is 5.02 Å². The minimum absolute atomic E-state index is 0.260. The zero-order chi connectivity index (χ0) is 15.1. The molecule has 3 aromatic rings. The number of fused-ring (bicyclic) bond motifs is 3. The van der Waals surface area contributed by atoms with E-state index in [2.05, 4.69) is 39.1 Å².